The maximum absolute atomic E-state index is 12.4. The van der Waals surface area contributed by atoms with Crippen molar-refractivity contribution >= 4 is 15.9 Å². The normalized spacial score (nSPS) is 17.0. The SMILES string of the molecule is CC(C)(C)NC(=O)c1ccc(CS(=O)(=O)N2CCOCC2)cc1. The lowest BCUT2D eigenvalue weighted by atomic mass is 10.1. The molecule has 7 heteroatoms. The molecule has 0 aliphatic carbocycles. The molecule has 0 atom stereocenters. The average molecular weight is 340 g/mol. The Kier molecular flexibility index (Phi) is 5.44. The zero-order valence-electron chi connectivity index (χ0n) is 13.8. The molecule has 1 aliphatic heterocycles. The van der Waals surface area contributed by atoms with Gasteiger partial charge in [-0.1, -0.05) is 12.1 Å². The van der Waals surface area contributed by atoms with Gasteiger partial charge >= 0.3 is 0 Å². The number of hydrogen-bond donors (Lipinski definition) is 1. The summed E-state index contributed by atoms with van der Waals surface area (Å²) >= 11 is 0. The summed E-state index contributed by atoms with van der Waals surface area (Å²) in [6.45, 7) is 7.40. The molecule has 1 aromatic carbocycles. The van der Waals surface area contributed by atoms with Gasteiger partial charge in [-0.05, 0) is 38.5 Å². The van der Waals surface area contributed by atoms with Crippen LogP contribution in [0.4, 0.5) is 0 Å². The first-order chi connectivity index (χ1) is 10.7. The third-order valence-electron chi connectivity index (χ3n) is 3.42. The van der Waals surface area contributed by atoms with Crippen LogP contribution in [0.25, 0.3) is 0 Å². The summed E-state index contributed by atoms with van der Waals surface area (Å²) in [5.74, 6) is -0.228. The molecule has 0 saturated carbocycles. The Balaban J connectivity index is 2.03. The average Bonchev–Trinajstić information content (AvgIpc) is 2.47. The highest BCUT2D eigenvalue weighted by atomic mass is 32.2. The number of nitrogens with one attached hydrogen (secondary N) is 1. The second kappa shape index (κ2) is 6.98. The van der Waals surface area contributed by atoms with Crippen molar-refractivity contribution in [3.63, 3.8) is 0 Å². The minimum Gasteiger partial charge on any atom is -0.379 e. The number of carbonyl (C=O) groups is 1. The smallest absolute Gasteiger partial charge is 0.251 e. The van der Waals surface area contributed by atoms with Gasteiger partial charge in [0.25, 0.3) is 5.91 Å². The molecule has 1 heterocycles. The predicted octanol–water partition coefficient (Wildman–Crippen LogP) is 1.38. The zero-order valence-corrected chi connectivity index (χ0v) is 14.6. The van der Waals surface area contributed by atoms with Gasteiger partial charge in [-0.15, -0.1) is 0 Å². The van der Waals surface area contributed by atoms with E-state index in [1.165, 1.54) is 4.31 Å². The van der Waals surface area contributed by atoms with Gasteiger partial charge in [-0.2, -0.15) is 4.31 Å². The van der Waals surface area contributed by atoms with E-state index in [4.69, 9.17) is 4.74 Å². The van der Waals surface area contributed by atoms with Gasteiger partial charge in [0.2, 0.25) is 10.0 Å². The van der Waals surface area contributed by atoms with E-state index in [0.717, 1.165) is 0 Å². The largest absolute Gasteiger partial charge is 0.379 e. The molecule has 1 aromatic rings. The van der Waals surface area contributed by atoms with Crippen LogP contribution in [0.15, 0.2) is 24.3 Å². The van der Waals surface area contributed by atoms with Crippen LogP contribution in [0.5, 0.6) is 0 Å². The van der Waals surface area contributed by atoms with Crippen molar-refractivity contribution in [2.45, 2.75) is 32.1 Å². The first-order valence-corrected chi connectivity index (χ1v) is 9.25. The fourth-order valence-electron chi connectivity index (χ4n) is 2.29. The van der Waals surface area contributed by atoms with Crippen molar-refractivity contribution in [1.82, 2.24) is 9.62 Å². The molecule has 1 fully saturated rings. The molecule has 128 valence electrons. The molecule has 1 amide bonds. The van der Waals surface area contributed by atoms with Gasteiger partial charge in [0.15, 0.2) is 0 Å². The Bertz CT molecular complexity index is 642. The molecule has 0 bridgehead atoms. The summed E-state index contributed by atoms with van der Waals surface area (Å²) in [7, 11) is -3.35. The summed E-state index contributed by atoms with van der Waals surface area (Å²) in [6, 6.07) is 6.70. The van der Waals surface area contributed by atoms with Gasteiger partial charge in [-0.25, -0.2) is 8.42 Å². The highest BCUT2D eigenvalue weighted by molar-refractivity contribution is 7.88. The van der Waals surface area contributed by atoms with Gasteiger partial charge in [0, 0.05) is 24.2 Å². The molecule has 0 spiro atoms. The summed E-state index contributed by atoms with van der Waals surface area (Å²) in [5, 5.41) is 2.88. The highest BCUT2D eigenvalue weighted by Crippen LogP contribution is 2.14. The predicted molar refractivity (Wildman–Crippen MR) is 88.7 cm³/mol. The minimum absolute atomic E-state index is 0.0613. The minimum atomic E-state index is -3.35. The molecule has 2 rings (SSSR count). The van der Waals surface area contributed by atoms with E-state index in [0.29, 0.717) is 37.4 Å². The lowest BCUT2D eigenvalue weighted by molar-refractivity contribution is 0.0729. The number of hydrogen-bond acceptors (Lipinski definition) is 4. The maximum atomic E-state index is 12.4. The van der Waals surface area contributed by atoms with Crippen LogP contribution in [0.3, 0.4) is 0 Å². The molecular weight excluding hydrogens is 316 g/mol. The van der Waals surface area contributed by atoms with Crippen molar-refractivity contribution in [1.29, 1.82) is 0 Å². The van der Waals surface area contributed by atoms with Crippen molar-refractivity contribution in [2.75, 3.05) is 26.3 Å². The Morgan fingerprint density at radius 1 is 1.17 bits per heavy atom. The quantitative estimate of drug-likeness (QED) is 0.898. The Morgan fingerprint density at radius 2 is 1.74 bits per heavy atom. The number of ether oxygens (including phenoxy) is 1. The standard InChI is InChI=1S/C16H24N2O4S/c1-16(2,3)17-15(19)14-6-4-13(5-7-14)12-23(20,21)18-8-10-22-11-9-18/h4-7H,8-12H2,1-3H3,(H,17,19). The number of morpholine rings is 1. The number of sulfonamides is 1. The van der Waals surface area contributed by atoms with E-state index < -0.39 is 10.0 Å². The molecule has 0 aromatic heterocycles. The molecule has 6 nitrogen and oxygen atoms in total. The number of nitrogens with zero attached hydrogens (tertiary/aromatic N) is 1. The summed E-state index contributed by atoms with van der Waals surface area (Å²) < 4.78 is 31.3. The van der Waals surface area contributed by atoms with Gasteiger partial charge < -0.3 is 10.1 Å². The number of amides is 1. The van der Waals surface area contributed by atoms with Crippen LogP contribution in [0.1, 0.15) is 36.7 Å². The summed E-state index contributed by atoms with van der Waals surface area (Å²) in [4.78, 5) is 12.1. The molecule has 23 heavy (non-hydrogen) atoms. The Morgan fingerprint density at radius 3 is 2.26 bits per heavy atom. The number of benzene rings is 1. The fraction of sp³-hybridized carbons (Fsp3) is 0.562. The first-order valence-electron chi connectivity index (χ1n) is 7.64. The van der Waals surface area contributed by atoms with E-state index in [1.54, 1.807) is 24.3 Å². The zero-order chi connectivity index (χ0) is 17.1. The number of rotatable bonds is 4. The van der Waals surface area contributed by atoms with Crippen LogP contribution >= 0.6 is 0 Å². The monoisotopic (exact) mass is 340 g/mol. The second-order valence-electron chi connectivity index (χ2n) is 6.67. The van der Waals surface area contributed by atoms with E-state index in [1.807, 2.05) is 20.8 Å². The molecule has 0 unspecified atom stereocenters. The second-order valence-corrected chi connectivity index (χ2v) is 8.64. The van der Waals surface area contributed by atoms with Crippen molar-refractivity contribution in [3.05, 3.63) is 35.4 Å². The Labute approximate surface area is 137 Å². The van der Waals surface area contributed by atoms with Gasteiger partial charge in [0.1, 0.15) is 0 Å². The Hall–Kier alpha value is -1.44. The highest BCUT2D eigenvalue weighted by Gasteiger charge is 2.24. The molecule has 1 N–H and O–H groups in total. The van der Waals surface area contributed by atoms with Crippen molar-refractivity contribution < 1.29 is 17.9 Å². The third kappa shape index (κ3) is 5.30. The molecular formula is C16H24N2O4S. The van der Waals surface area contributed by atoms with E-state index >= 15 is 0 Å². The van der Waals surface area contributed by atoms with Crippen molar-refractivity contribution in [3.8, 4) is 0 Å². The molecule has 0 radical (unpaired) electrons. The molecule has 1 saturated heterocycles. The van der Waals surface area contributed by atoms with E-state index in [9.17, 15) is 13.2 Å². The van der Waals surface area contributed by atoms with Crippen LogP contribution < -0.4 is 5.32 Å². The van der Waals surface area contributed by atoms with Crippen LogP contribution in [-0.2, 0) is 20.5 Å². The first kappa shape index (κ1) is 17.9. The summed E-state index contributed by atoms with van der Waals surface area (Å²) in [5.41, 5.74) is 0.881. The van der Waals surface area contributed by atoms with Gasteiger partial charge in [0.05, 0.1) is 19.0 Å². The third-order valence-corrected chi connectivity index (χ3v) is 5.27. The lowest BCUT2D eigenvalue weighted by Crippen LogP contribution is -2.41. The lowest BCUT2D eigenvalue weighted by Gasteiger charge is -2.26. The molecule has 1 aliphatic rings. The summed E-state index contributed by atoms with van der Waals surface area (Å²) in [6.07, 6.45) is 0. The van der Waals surface area contributed by atoms with Crippen molar-refractivity contribution in [2.24, 2.45) is 0 Å². The van der Waals surface area contributed by atoms with E-state index in [2.05, 4.69) is 5.32 Å². The van der Waals surface area contributed by atoms with E-state index in [-0.39, 0.29) is 17.2 Å². The van der Waals surface area contributed by atoms with Crippen LogP contribution in [0.2, 0.25) is 0 Å². The topological polar surface area (TPSA) is 75.7 Å². The van der Waals surface area contributed by atoms with Crippen LogP contribution in [-0.4, -0.2) is 50.5 Å². The number of carbonyl (C=O) groups excluding carboxylic acids is 1. The van der Waals surface area contributed by atoms with Crippen LogP contribution in [0, 0.1) is 0 Å². The maximum Gasteiger partial charge on any atom is 0.251 e. The van der Waals surface area contributed by atoms with Gasteiger partial charge in [-0.3, -0.25) is 4.79 Å². The fourth-order valence-corrected chi connectivity index (χ4v) is 3.79.